The van der Waals surface area contributed by atoms with E-state index in [0.717, 1.165) is 31.6 Å². The summed E-state index contributed by atoms with van der Waals surface area (Å²) >= 11 is 0. The van der Waals surface area contributed by atoms with Gasteiger partial charge in [0, 0.05) is 12.1 Å². The van der Waals surface area contributed by atoms with Gasteiger partial charge in [0.2, 0.25) is 0 Å². The van der Waals surface area contributed by atoms with Crippen LogP contribution in [-0.2, 0) is 9.53 Å². The predicted molar refractivity (Wildman–Crippen MR) is 67.7 cm³/mol. The van der Waals surface area contributed by atoms with Crippen molar-refractivity contribution in [2.24, 2.45) is 11.8 Å². The number of hydrogen-bond acceptors (Lipinski definition) is 3. The van der Waals surface area contributed by atoms with E-state index in [0.29, 0.717) is 18.7 Å². The molecule has 0 radical (unpaired) electrons. The fourth-order valence-corrected chi connectivity index (χ4v) is 2.86. The van der Waals surface area contributed by atoms with Gasteiger partial charge >= 0.3 is 5.97 Å². The number of nitrogens with one attached hydrogen (secondary N) is 1. The van der Waals surface area contributed by atoms with Crippen molar-refractivity contribution in [3.05, 3.63) is 0 Å². The Morgan fingerprint density at radius 1 is 1.24 bits per heavy atom. The Hall–Kier alpha value is -0.570. The first-order valence-electron chi connectivity index (χ1n) is 7.13. The molecule has 1 N–H and O–H groups in total. The molecule has 0 saturated heterocycles. The van der Waals surface area contributed by atoms with E-state index in [1.54, 1.807) is 0 Å². The van der Waals surface area contributed by atoms with E-state index < -0.39 is 0 Å². The van der Waals surface area contributed by atoms with Gasteiger partial charge in [-0.3, -0.25) is 4.79 Å². The van der Waals surface area contributed by atoms with Crippen LogP contribution in [0.4, 0.5) is 0 Å². The van der Waals surface area contributed by atoms with E-state index in [-0.39, 0.29) is 11.9 Å². The van der Waals surface area contributed by atoms with Crippen molar-refractivity contribution in [3.63, 3.8) is 0 Å². The van der Waals surface area contributed by atoms with Crippen LogP contribution in [0.15, 0.2) is 0 Å². The van der Waals surface area contributed by atoms with Gasteiger partial charge in [0.15, 0.2) is 0 Å². The average molecular weight is 239 g/mol. The third kappa shape index (κ3) is 3.70. The van der Waals surface area contributed by atoms with Crippen LogP contribution in [0.5, 0.6) is 0 Å². The zero-order valence-electron chi connectivity index (χ0n) is 11.1. The molecule has 0 spiro atoms. The van der Waals surface area contributed by atoms with E-state index >= 15 is 0 Å². The molecule has 0 amide bonds. The lowest BCUT2D eigenvalue weighted by Gasteiger charge is -2.30. The molecule has 3 nitrogen and oxygen atoms in total. The molecule has 2 aliphatic rings. The Bertz CT molecular complexity index is 255. The monoisotopic (exact) mass is 239 g/mol. The topological polar surface area (TPSA) is 38.3 Å². The van der Waals surface area contributed by atoms with Crippen LogP contribution in [0.3, 0.4) is 0 Å². The van der Waals surface area contributed by atoms with Gasteiger partial charge in [-0.25, -0.2) is 0 Å². The largest absolute Gasteiger partial charge is 0.466 e. The number of ether oxygens (including phenoxy) is 1. The highest BCUT2D eigenvalue weighted by molar-refractivity contribution is 5.72. The Kier molecular flexibility index (Phi) is 4.43. The van der Waals surface area contributed by atoms with Gasteiger partial charge in [0.05, 0.1) is 12.5 Å². The van der Waals surface area contributed by atoms with Gasteiger partial charge in [-0.1, -0.05) is 0 Å². The molecule has 3 heteroatoms. The van der Waals surface area contributed by atoms with Crippen molar-refractivity contribution < 1.29 is 9.53 Å². The maximum Gasteiger partial charge on any atom is 0.308 e. The van der Waals surface area contributed by atoms with Gasteiger partial charge in [-0.15, -0.1) is 0 Å². The maximum absolute atomic E-state index is 11.6. The summed E-state index contributed by atoms with van der Waals surface area (Å²) in [6.45, 7) is 4.69. The molecule has 1 atom stereocenters. The Balaban J connectivity index is 1.68. The van der Waals surface area contributed by atoms with Crippen molar-refractivity contribution in [3.8, 4) is 0 Å². The molecule has 0 aliphatic heterocycles. The third-order valence-electron chi connectivity index (χ3n) is 4.17. The lowest BCUT2D eigenvalue weighted by molar-refractivity contribution is -0.149. The average Bonchev–Trinajstić information content (AvgIpc) is 3.14. The van der Waals surface area contributed by atoms with E-state index in [1.807, 2.05) is 6.92 Å². The van der Waals surface area contributed by atoms with Crippen LogP contribution in [0.25, 0.3) is 0 Å². The molecule has 2 rings (SSSR count). The summed E-state index contributed by atoms with van der Waals surface area (Å²) in [5.41, 5.74) is 0. The summed E-state index contributed by atoms with van der Waals surface area (Å²) < 4.78 is 5.09. The van der Waals surface area contributed by atoms with Crippen LogP contribution < -0.4 is 5.32 Å². The van der Waals surface area contributed by atoms with Crippen LogP contribution in [-0.4, -0.2) is 24.7 Å². The molecule has 2 saturated carbocycles. The molecule has 2 fully saturated rings. The van der Waals surface area contributed by atoms with Crippen molar-refractivity contribution >= 4 is 5.97 Å². The predicted octanol–water partition coefficient (Wildman–Crippen LogP) is 2.50. The summed E-state index contributed by atoms with van der Waals surface area (Å²) in [6.07, 6.45) is 7.03. The molecular weight excluding hydrogens is 214 g/mol. The molecule has 0 aromatic rings. The summed E-state index contributed by atoms with van der Waals surface area (Å²) in [7, 11) is 0. The second-order valence-corrected chi connectivity index (χ2v) is 5.59. The smallest absolute Gasteiger partial charge is 0.308 e. The van der Waals surface area contributed by atoms with E-state index in [4.69, 9.17) is 4.74 Å². The minimum absolute atomic E-state index is 0.0150. The van der Waals surface area contributed by atoms with Crippen molar-refractivity contribution in [1.29, 1.82) is 0 Å². The van der Waals surface area contributed by atoms with Gasteiger partial charge < -0.3 is 10.1 Å². The fourth-order valence-electron chi connectivity index (χ4n) is 2.86. The van der Waals surface area contributed by atoms with Crippen molar-refractivity contribution in [2.75, 3.05) is 6.61 Å². The molecule has 0 bridgehead atoms. The fraction of sp³-hybridized carbons (Fsp3) is 0.929. The lowest BCUT2D eigenvalue weighted by Crippen LogP contribution is -2.41. The van der Waals surface area contributed by atoms with Crippen molar-refractivity contribution in [1.82, 2.24) is 5.32 Å². The second kappa shape index (κ2) is 5.85. The first kappa shape index (κ1) is 12.9. The molecule has 1 unspecified atom stereocenters. The standard InChI is InChI=1S/C14H25NO2/c1-3-17-14(16)12-6-8-13(9-7-12)15-10(2)11-4-5-11/h10-13,15H,3-9H2,1-2H3. The van der Waals surface area contributed by atoms with Crippen LogP contribution in [0.2, 0.25) is 0 Å². The molecule has 0 aromatic heterocycles. The molecule has 0 aromatic carbocycles. The molecule has 98 valence electrons. The van der Waals surface area contributed by atoms with Crippen molar-refractivity contribution in [2.45, 2.75) is 64.5 Å². The number of hydrogen-bond donors (Lipinski definition) is 1. The van der Waals surface area contributed by atoms with Crippen LogP contribution in [0.1, 0.15) is 52.4 Å². The SMILES string of the molecule is CCOC(=O)C1CCC(NC(C)C2CC2)CC1. The Morgan fingerprint density at radius 3 is 2.41 bits per heavy atom. The first-order chi connectivity index (χ1) is 8.20. The maximum atomic E-state index is 11.6. The summed E-state index contributed by atoms with van der Waals surface area (Å²) in [5, 5.41) is 3.72. The van der Waals surface area contributed by atoms with Gasteiger partial charge in [0.1, 0.15) is 0 Å². The zero-order chi connectivity index (χ0) is 12.3. The molecule has 0 heterocycles. The molecule has 17 heavy (non-hydrogen) atoms. The van der Waals surface area contributed by atoms with Crippen LogP contribution >= 0.6 is 0 Å². The van der Waals surface area contributed by atoms with Gasteiger partial charge in [0.25, 0.3) is 0 Å². The normalized spacial score (nSPS) is 30.9. The zero-order valence-corrected chi connectivity index (χ0v) is 11.1. The van der Waals surface area contributed by atoms with Crippen LogP contribution in [0, 0.1) is 11.8 Å². The summed E-state index contributed by atoms with van der Waals surface area (Å²) in [4.78, 5) is 11.6. The highest BCUT2D eigenvalue weighted by Crippen LogP contribution is 2.34. The minimum Gasteiger partial charge on any atom is -0.466 e. The number of rotatable bonds is 5. The molecular formula is C14H25NO2. The quantitative estimate of drug-likeness (QED) is 0.749. The number of esters is 1. The second-order valence-electron chi connectivity index (χ2n) is 5.59. The van der Waals surface area contributed by atoms with E-state index in [1.165, 1.54) is 12.8 Å². The number of carbonyl (C=O) groups is 1. The summed E-state index contributed by atoms with van der Waals surface area (Å²) in [5.74, 6) is 1.09. The van der Waals surface area contributed by atoms with Gasteiger partial charge in [-0.05, 0) is 58.3 Å². The Labute approximate surface area is 104 Å². The molecule has 2 aliphatic carbocycles. The minimum atomic E-state index is 0.0150. The Morgan fingerprint density at radius 2 is 1.88 bits per heavy atom. The van der Waals surface area contributed by atoms with Gasteiger partial charge in [-0.2, -0.15) is 0 Å². The van der Waals surface area contributed by atoms with E-state index in [9.17, 15) is 4.79 Å². The first-order valence-corrected chi connectivity index (χ1v) is 7.13. The number of carbonyl (C=O) groups excluding carboxylic acids is 1. The lowest BCUT2D eigenvalue weighted by atomic mass is 9.85. The third-order valence-corrected chi connectivity index (χ3v) is 4.17. The highest BCUT2D eigenvalue weighted by Gasteiger charge is 2.32. The summed E-state index contributed by atoms with van der Waals surface area (Å²) in [6, 6.07) is 1.29. The highest BCUT2D eigenvalue weighted by atomic mass is 16.5. The van der Waals surface area contributed by atoms with E-state index in [2.05, 4.69) is 12.2 Å².